The minimum Gasteiger partial charge on any atom is -0.382 e. The highest BCUT2D eigenvalue weighted by molar-refractivity contribution is 7.90. The SMILES string of the molecule is Cc1ccc(-c2cnc(N)c(C(=O)Nc3ccc(S(C)(=O)=O)cc3)n2)cc1. The molecule has 3 rings (SSSR count). The number of aryl methyl sites for hydroxylation is 1. The number of nitrogen functional groups attached to an aromatic ring is 1. The van der Waals surface area contributed by atoms with E-state index in [-0.39, 0.29) is 16.4 Å². The van der Waals surface area contributed by atoms with Gasteiger partial charge in [-0.25, -0.2) is 18.4 Å². The third-order valence-electron chi connectivity index (χ3n) is 3.90. The normalized spacial score (nSPS) is 11.2. The van der Waals surface area contributed by atoms with E-state index >= 15 is 0 Å². The van der Waals surface area contributed by atoms with E-state index in [0.717, 1.165) is 17.4 Å². The Bertz CT molecular complexity index is 1090. The molecule has 1 heterocycles. The van der Waals surface area contributed by atoms with Gasteiger partial charge in [0, 0.05) is 17.5 Å². The summed E-state index contributed by atoms with van der Waals surface area (Å²) < 4.78 is 23.0. The highest BCUT2D eigenvalue weighted by Crippen LogP contribution is 2.20. The Labute approximate surface area is 157 Å². The summed E-state index contributed by atoms with van der Waals surface area (Å²) in [5.41, 5.74) is 8.70. The van der Waals surface area contributed by atoms with Crippen molar-refractivity contribution in [2.75, 3.05) is 17.3 Å². The van der Waals surface area contributed by atoms with Crippen molar-refractivity contribution >= 4 is 27.2 Å². The summed E-state index contributed by atoms with van der Waals surface area (Å²) in [7, 11) is -3.30. The Morgan fingerprint density at radius 3 is 2.26 bits per heavy atom. The lowest BCUT2D eigenvalue weighted by Crippen LogP contribution is -2.17. The number of carbonyl (C=O) groups excluding carboxylic acids is 1. The smallest absolute Gasteiger partial charge is 0.278 e. The summed E-state index contributed by atoms with van der Waals surface area (Å²) >= 11 is 0. The zero-order valence-electron chi connectivity index (χ0n) is 14.8. The van der Waals surface area contributed by atoms with E-state index in [0.29, 0.717) is 11.4 Å². The number of benzene rings is 2. The maximum Gasteiger partial charge on any atom is 0.278 e. The third kappa shape index (κ3) is 4.29. The summed E-state index contributed by atoms with van der Waals surface area (Å²) in [5.74, 6) is -0.516. The van der Waals surface area contributed by atoms with Gasteiger partial charge in [-0.15, -0.1) is 0 Å². The van der Waals surface area contributed by atoms with Crippen molar-refractivity contribution in [3.63, 3.8) is 0 Å². The number of hydrogen-bond donors (Lipinski definition) is 2. The van der Waals surface area contributed by atoms with Gasteiger partial charge in [0.2, 0.25) is 0 Å². The number of nitrogens with zero attached hydrogens (tertiary/aromatic N) is 2. The number of nitrogens with two attached hydrogens (primary N) is 1. The van der Waals surface area contributed by atoms with Crippen molar-refractivity contribution in [1.82, 2.24) is 9.97 Å². The zero-order chi connectivity index (χ0) is 19.6. The maximum absolute atomic E-state index is 12.5. The van der Waals surface area contributed by atoms with Gasteiger partial charge in [0.1, 0.15) is 0 Å². The Morgan fingerprint density at radius 1 is 1.04 bits per heavy atom. The zero-order valence-corrected chi connectivity index (χ0v) is 15.6. The second-order valence-corrected chi connectivity index (χ2v) is 8.12. The molecular formula is C19H18N4O3S. The molecule has 8 heteroatoms. The van der Waals surface area contributed by atoms with Crippen LogP contribution in [-0.2, 0) is 9.84 Å². The molecule has 1 amide bonds. The van der Waals surface area contributed by atoms with E-state index in [1.165, 1.54) is 30.5 Å². The van der Waals surface area contributed by atoms with Crippen molar-refractivity contribution in [2.24, 2.45) is 0 Å². The van der Waals surface area contributed by atoms with Crippen molar-refractivity contribution in [3.8, 4) is 11.3 Å². The third-order valence-corrected chi connectivity index (χ3v) is 5.03. The van der Waals surface area contributed by atoms with Crippen LogP contribution in [0.3, 0.4) is 0 Å². The lowest BCUT2D eigenvalue weighted by Gasteiger charge is -2.09. The fraction of sp³-hybridized carbons (Fsp3) is 0.105. The first-order chi connectivity index (χ1) is 12.7. The van der Waals surface area contributed by atoms with Gasteiger partial charge in [-0.2, -0.15) is 0 Å². The molecule has 1 aromatic heterocycles. The van der Waals surface area contributed by atoms with Crippen molar-refractivity contribution in [1.29, 1.82) is 0 Å². The quantitative estimate of drug-likeness (QED) is 0.717. The summed E-state index contributed by atoms with van der Waals surface area (Å²) in [6.45, 7) is 1.98. The van der Waals surface area contributed by atoms with E-state index in [1.54, 1.807) is 0 Å². The summed E-state index contributed by atoms with van der Waals surface area (Å²) in [6.07, 6.45) is 2.63. The van der Waals surface area contributed by atoms with Crippen molar-refractivity contribution in [3.05, 3.63) is 66.0 Å². The van der Waals surface area contributed by atoms with Crippen LogP contribution in [0.2, 0.25) is 0 Å². The minimum atomic E-state index is -3.30. The molecule has 0 unspecified atom stereocenters. The fourth-order valence-corrected chi connectivity index (χ4v) is 3.04. The molecule has 0 aliphatic rings. The number of amides is 1. The average molecular weight is 382 g/mol. The van der Waals surface area contributed by atoms with Crippen LogP contribution in [0.1, 0.15) is 16.1 Å². The molecule has 0 radical (unpaired) electrons. The molecule has 0 saturated carbocycles. The number of aromatic nitrogens is 2. The molecule has 2 aromatic carbocycles. The summed E-state index contributed by atoms with van der Waals surface area (Å²) in [4.78, 5) is 21.1. The van der Waals surface area contributed by atoms with Gasteiger partial charge in [-0.3, -0.25) is 4.79 Å². The minimum absolute atomic E-state index is 0.000245. The maximum atomic E-state index is 12.5. The number of rotatable bonds is 4. The van der Waals surface area contributed by atoms with Crippen LogP contribution in [0, 0.1) is 6.92 Å². The van der Waals surface area contributed by atoms with Gasteiger partial charge < -0.3 is 11.1 Å². The van der Waals surface area contributed by atoms with Crippen LogP contribution in [0.25, 0.3) is 11.3 Å². The number of anilines is 2. The molecule has 138 valence electrons. The Balaban J connectivity index is 1.86. The standard InChI is InChI=1S/C19H18N4O3S/c1-12-3-5-13(6-4-12)16-11-21-18(20)17(23-16)19(24)22-14-7-9-15(10-8-14)27(2,25)26/h3-11H,1-2H3,(H2,20,21)(H,22,24). The molecular weight excluding hydrogens is 364 g/mol. The van der Waals surface area contributed by atoms with Gasteiger partial charge >= 0.3 is 0 Å². The first-order valence-electron chi connectivity index (χ1n) is 8.05. The molecule has 0 aliphatic carbocycles. The molecule has 27 heavy (non-hydrogen) atoms. The van der Waals surface area contributed by atoms with Crippen molar-refractivity contribution < 1.29 is 13.2 Å². The Hall–Kier alpha value is -3.26. The van der Waals surface area contributed by atoms with Crippen LogP contribution in [0.15, 0.2) is 59.6 Å². The topological polar surface area (TPSA) is 115 Å². The predicted octanol–water partition coefficient (Wildman–Crippen LogP) is 2.69. The summed E-state index contributed by atoms with van der Waals surface area (Å²) in [5, 5.41) is 2.65. The molecule has 3 aromatic rings. The molecule has 0 saturated heterocycles. The lowest BCUT2D eigenvalue weighted by molar-refractivity contribution is 0.102. The lowest BCUT2D eigenvalue weighted by atomic mass is 10.1. The molecule has 0 bridgehead atoms. The van der Waals surface area contributed by atoms with E-state index in [9.17, 15) is 13.2 Å². The average Bonchev–Trinajstić information content (AvgIpc) is 2.62. The molecule has 0 aliphatic heterocycles. The number of carbonyl (C=O) groups is 1. The predicted molar refractivity (Wildman–Crippen MR) is 104 cm³/mol. The van der Waals surface area contributed by atoms with Crippen LogP contribution >= 0.6 is 0 Å². The van der Waals surface area contributed by atoms with Gasteiger partial charge in [0.25, 0.3) is 5.91 Å². The van der Waals surface area contributed by atoms with Crippen LogP contribution in [0.4, 0.5) is 11.5 Å². The highest BCUT2D eigenvalue weighted by atomic mass is 32.2. The van der Waals surface area contributed by atoms with Gasteiger partial charge in [0.15, 0.2) is 21.3 Å². The van der Waals surface area contributed by atoms with Crippen LogP contribution in [-0.4, -0.2) is 30.5 Å². The molecule has 0 spiro atoms. The monoisotopic (exact) mass is 382 g/mol. The molecule has 7 nitrogen and oxygen atoms in total. The highest BCUT2D eigenvalue weighted by Gasteiger charge is 2.15. The summed E-state index contributed by atoms with van der Waals surface area (Å²) in [6, 6.07) is 13.5. The van der Waals surface area contributed by atoms with Gasteiger partial charge in [-0.05, 0) is 31.2 Å². The number of nitrogens with one attached hydrogen (secondary N) is 1. The second-order valence-electron chi connectivity index (χ2n) is 6.11. The van der Waals surface area contributed by atoms with E-state index in [2.05, 4.69) is 15.3 Å². The number of sulfone groups is 1. The van der Waals surface area contributed by atoms with Gasteiger partial charge in [-0.1, -0.05) is 29.8 Å². The van der Waals surface area contributed by atoms with E-state index in [4.69, 9.17) is 5.73 Å². The van der Waals surface area contributed by atoms with E-state index < -0.39 is 15.7 Å². The van der Waals surface area contributed by atoms with E-state index in [1.807, 2.05) is 31.2 Å². The van der Waals surface area contributed by atoms with Gasteiger partial charge in [0.05, 0.1) is 16.8 Å². The fourth-order valence-electron chi connectivity index (χ4n) is 2.40. The molecule has 3 N–H and O–H groups in total. The molecule has 0 atom stereocenters. The Kier molecular flexibility index (Phi) is 4.91. The van der Waals surface area contributed by atoms with Crippen LogP contribution in [0.5, 0.6) is 0 Å². The van der Waals surface area contributed by atoms with Crippen molar-refractivity contribution in [2.45, 2.75) is 11.8 Å². The first-order valence-corrected chi connectivity index (χ1v) is 9.94. The second kappa shape index (κ2) is 7.16. The Morgan fingerprint density at radius 2 is 1.67 bits per heavy atom. The molecule has 0 fully saturated rings. The first kappa shape index (κ1) is 18.5. The van der Waals surface area contributed by atoms with Crippen LogP contribution < -0.4 is 11.1 Å². The largest absolute Gasteiger partial charge is 0.382 e. The number of hydrogen-bond acceptors (Lipinski definition) is 6.